The lowest BCUT2D eigenvalue weighted by atomic mass is 10.1. The van der Waals surface area contributed by atoms with E-state index in [1.54, 1.807) is 12.1 Å². The Morgan fingerprint density at radius 2 is 2.03 bits per heavy atom. The Hall–Kier alpha value is -2.43. The van der Waals surface area contributed by atoms with Gasteiger partial charge in [-0.25, -0.2) is 9.98 Å². The van der Waals surface area contributed by atoms with Crippen LogP contribution in [0.5, 0.6) is 5.75 Å². The van der Waals surface area contributed by atoms with Crippen molar-refractivity contribution in [2.45, 2.75) is 39.6 Å². The fraction of sp³-hybridized carbons (Fsp3) is 0.444. The highest BCUT2D eigenvalue weighted by Crippen LogP contribution is 2.30. The minimum Gasteiger partial charge on any atom is -0.434 e. The quantitative estimate of drug-likeness (QED) is 0.367. The summed E-state index contributed by atoms with van der Waals surface area (Å²) in [5, 5.41) is 7.33. The van der Waals surface area contributed by atoms with Gasteiger partial charge < -0.3 is 15.4 Å². The van der Waals surface area contributed by atoms with Gasteiger partial charge in [0.25, 0.3) is 0 Å². The zero-order chi connectivity index (χ0) is 21.4. The second kappa shape index (κ2) is 10.4. The van der Waals surface area contributed by atoms with Crippen molar-refractivity contribution >= 4 is 17.3 Å². The molecule has 2 N–H and O–H groups in total. The third-order valence-electron chi connectivity index (χ3n) is 3.66. The van der Waals surface area contributed by atoms with Crippen molar-refractivity contribution in [1.29, 1.82) is 0 Å². The molecule has 0 atom stereocenters. The molecule has 160 valence electrons. The Balaban J connectivity index is 1.99. The number of alkyl halides is 5. The van der Waals surface area contributed by atoms with Crippen molar-refractivity contribution in [1.82, 2.24) is 15.6 Å². The Morgan fingerprint density at radius 1 is 1.28 bits per heavy atom. The fourth-order valence-corrected chi connectivity index (χ4v) is 3.20. The molecule has 0 radical (unpaired) electrons. The maximum atomic E-state index is 12.6. The summed E-state index contributed by atoms with van der Waals surface area (Å²) < 4.78 is 67.4. The van der Waals surface area contributed by atoms with Gasteiger partial charge in [0.05, 0.1) is 11.6 Å². The Labute approximate surface area is 169 Å². The number of hydrogen-bond acceptors (Lipinski definition) is 4. The van der Waals surface area contributed by atoms with E-state index in [0.717, 1.165) is 22.3 Å². The van der Waals surface area contributed by atoms with Crippen molar-refractivity contribution in [2.75, 3.05) is 13.1 Å². The molecule has 5 nitrogen and oxygen atoms in total. The van der Waals surface area contributed by atoms with Gasteiger partial charge in [-0.15, -0.1) is 11.3 Å². The van der Waals surface area contributed by atoms with Crippen LogP contribution < -0.4 is 15.4 Å². The van der Waals surface area contributed by atoms with E-state index in [4.69, 9.17) is 0 Å². The largest absolute Gasteiger partial charge is 0.434 e. The second-order valence-corrected chi connectivity index (χ2v) is 6.93. The molecule has 0 aliphatic rings. The SMILES string of the molecule is CCNC(=NCc1cc(C)ccc1OC(F)F)NCCc1nc(C(F)(F)F)cs1. The van der Waals surface area contributed by atoms with Crippen LogP contribution in [0, 0.1) is 6.92 Å². The number of aryl methyl sites for hydroxylation is 1. The van der Waals surface area contributed by atoms with Crippen molar-refractivity contribution in [3.63, 3.8) is 0 Å². The molecule has 0 bridgehead atoms. The van der Waals surface area contributed by atoms with Crippen LogP contribution in [0.4, 0.5) is 22.0 Å². The predicted octanol–water partition coefficient (Wildman–Crippen LogP) is 4.37. The van der Waals surface area contributed by atoms with Gasteiger partial charge in [-0.2, -0.15) is 22.0 Å². The fourth-order valence-electron chi connectivity index (χ4n) is 2.39. The van der Waals surface area contributed by atoms with Gasteiger partial charge in [-0.1, -0.05) is 17.7 Å². The molecule has 0 spiro atoms. The molecule has 0 saturated heterocycles. The Morgan fingerprint density at radius 3 is 2.66 bits per heavy atom. The molecule has 1 aromatic carbocycles. The number of halogens is 5. The summed E-state index contributed by atoms with van der Waals surface area (Å²) in [6.07, 6.45) is -4.17. The lowest BCUT2D eigenvalue weighted by molar-refractivity contribution is -0.140. The molecule has 0 fully saturated rings. The number of benzene rings is 1. The third-order valence-corrected chi connectivity index (χ3v) is 4.57. The van der Waals surface area contributed by atoms with Crippen molar-refractivity contribution in [3.05, 3.63) is 45.4 Å². The van der Waals surface area contributed by atoms with Crippen LogP contribution in [0.25, 0.3) is 0 Å². The van der Waals surface area contributed by atoms with Crippen LogP contribution in [0.2, 0.25) is 0 Å². The molecule has 11 heteroatoms. The van der Waals surface area contributed by atoms with Crippen molar-refractivity contribution in [3.8, 4) is 5.75 Å². The van der Waals surface area contributed by atoms with Gasteiger partial charge in [0.15, 0.2) is 11.7 Å². The average molecular weight is 436 g/mol. The number of ether oxygens (including phenoxy) is 1. The second-order valence-electron chi connectivity index (χ2n) is 5.99. The maximum Gasteiger partial charge on any atom is 0.434 e. The summed E-state index contributed by atoms with van der Waals surface area (Å²) in [4.78, 5) is 7.91. The standard InChI is InChI=1S/C18H21F5N4OS/c1-3-24-17(25-7-6-15-27-14(10-29-15)18(21,22)23)26-9-12-8-11(2)4-5-13(12)28-16(19)20/h4-5,8,10,16H,3,6-7,9H2,1-2H3,(H2,24,25,26). The van der Waals surface area contributed by atoms with Crippen LogP contribution >= 0.6 is 11.3 Å². The number of nitrogens with zero attached hydrogens (tertiary/aromatic N) is 2. The highest BCUT2D eigenvalue weighted by molar-refractivity contribution is 7.09. The summed E-state index contributed by atoms with van der Waals surface area (Å²) in [7, 11) is 0. The van der Waals surface area contributed by atoms with E-state index >= 15 is 0 Å². The van der Waals surface area contributed by atoms with E-state index < -0.39 is 18.5 Å². The third kappa shape index (κ3) is 7.48. The molecule has 2 rings (SSSR count). The van der Waals surface area contributed by atoms with Crippen LogP contribution in [0.1, 0.15) is 28.8 Å². The van der Waals surface area contributed by atoms with Crippen molar-refractivity contribution < 1.29 is 26.7 Å². The first-order valence-electron chi connectivity index (χ1n) is 8.77. The summed E-state index contributed by atoms with van der Waals surface area (Å²) in [5.74, 6) is 0.456. The van der Waals surface area contributed by atoms with E-state index in [-0.39, 0.29) is 18.7 Å². The van der Waals surface area contributed by atoms with E-state index in [2.05, 4.69) is 25.3 Å². The summed E-state index contributed by atoms with van der Waals surface area (Å²) in [5.41, 5.74) is 0.473. The molecule has 0 amide bonds. The maximum absolute atomic E-state index is 12.6. The summed E-state index contributed by atoms with van der Waals surface area (Å²) in [6, 6.07) is 4.84. The smallest absolute Gasteiger partial charge is 0.434 e. The molecule has 29 heavy (non-hydrogen) atoms. The van der Waals surface area contributed by atoms with E-state index in [1.165, 1.54) is 6.07 Å². The van der Waals surface area contributed by atoms with Crippen LogP contribution in [0.3, 0.4) is 0 Å². The topological polar surface area (TPSA) is 58.5 Å². The first-order valence-corrected chi connectivity index (χ1v) is 9.65. The monoisotopic (exact) mass is 436 g/mol. The number of hydrogen-bond donors (Lipinski definition) is 2. The highest BCUT2D eigenvalue weighted by Gasteiger charge is 2.33. The number of nitrogens with one attached hydrogen (secondary N) is 2. The summed E-state index contributed by atoms with van der Waals surface area (Å²) in [6.45, 7) is 1.69. The average Bonchev–Trinajstić information content (AvgIpc) is 3.10. The normalized spacial score (nSPS) is 12.3. The van der Waals surface area contributed by atoms with Gasteiger partial charge in [0, 0.05) is 30.5 Å². The summed E-state index contributed by atoms with van der Waals surface area (Å²) >= 11 is 0.942. The molecule has 0 aliphatic carbocycles. The zero-order valence-electron chi connectivity index (χ0n) is 15.8. The molecule has 0 aliphatic heterocycles. The Kier molecular flexibility index (Phi) is 8.18. The van der Waals surface area contributed by atoms with Gasteiger partial charge in [-0.05, 0) is 19.9 Å². The molecule has 0 unspecified atom stereocenters. The lowest BCUT2D eigenvalue weighted by Crippen LogP contribution is -2.38. The van der Waals surface area contributed by atoms with Gasteiger partial charge in [-0.3, -0.25) is 0 Å². The van der Waals surface area contributed by atoms with Gasteiger partial charge >= 0.3 is 12.8 Å². The first kappa shape index (κ1) is 22.9. The van der Waals surface area contributed by atoms with Crippen LogP contribution in [-0.4, -0.2) is 30.6 Å². The molecular weight excluding hydrogens is 415 g/mol. The van der Waals surface area contributed by atoms with Gasteiger partial charge in [0.2, 0.25) is 0 Å². The van der Waals surface area contributed by atoms with Crippen LogP contribution in [-0.2, 0) is 19.1 Å². The molecule has 1 aromatic heterocycles. The minimum atomic E-state index is -4.45. The molecule has 2 aromatic rings. The number of thiazole rings is 1. The predicted molar refractivity (Wildman–Crippen MR) is 101 cm³/mol. The van der Waals surface area contributed by atoms with E-state index in [9.17, 15) is 22.0 Å². The number of rotatable bonds is 8. The molecule has 1 heterocycles. The molecular formula is C18H21F5N4OS. The number of aliphatic imine (C=N–C) groups is 1. The molecule has 0 saturated carbocycles. The minimum absolute atomic E-state index is 0.0488. The number of guanidine groups is 1. The highest BCUT2D eigenvalue weighted by atomic mass is 32.1. The number of aromatic nitrogens is 1. The van der Waals surface area contributed by atoms with Crippen molar-refractivity contribution in [2.24, 2.45) is 4.99 Å². The van der Waals surface area contributed by atoms with E-state index in [1.807, 2.05) is 13.8 Å². The Bertz CT molecular complexity index is 823. The van der Waals surface area contributed by atoms with Gasteiger partial charge in [0.1, 0.15) is 5.75 Å². The van der Waals surface area contributed by atoms with Crippen LogP contribution in [0.15, 0.2) is 28.6 Å². The van der Waals surface area contributed by atoms with E-state index in [0.29, 0.717) is 29.6 Å². The lowest BCUT2D eigenvalue weighted by Gasteiger charge is -2.13. The first-order chi connectivity index (χ1) is 13.7. The zero-order valence-corrected chi connectivity index (χ0v) is 16.6.